The number of rotatable bonds is 4. The van der Waals surface area contributed by atoms with Crippen LogP contribution in [-0.2, 0) is 21.2 Å². The van der Waals surface area contributed by atoms with Crippen LogP contribution in [-0.4, -0.2) is 20.9 Å². The number of nitrogens with one attached hydrogen (secondary N) is 1. The number of aryl methyl sites for hydroxylation is 2. The van der Waals surface area contributed by atoms with Crippen LogP contribution in [0.3, 0.4) is 0 Å². The molecule has 2 aromatic carbocycles. The van der Waals surface area contributed by atoms with Crippen LogP contribution in [0.5, 0.6) is 0 Å². The van der Waals surface area contributed by atoms with Crippen LogP contribution in [0, 0.1) is 19.8 Å². The van der Waals surface area contributed by atoms with Gasteiger partial charge in [-0.25, -0.2) is 8.42 Å². The van der Waals surface area contributed by atoms with Gasteiger partial charge < -0.3 is 4.90 Å². The molecule has 0 bridgehead atoms. The Balaban J connectivity index is 1.63. The Morgan fingerprint density at radius 1 is 1.12 bits per heavy atom. The van der Waals surface area contributed by atoms with Crippen molar-refractivity contribution in [3.05, 3.63) is 53.1 Å². The summed E-state index contributed by atoms with van der Waals surface area (Å²) in [7, 11) is -3.68. The minimum Gasteiger partial charge on any atom is -0.312 e. The first-order valence-corrected chi connectivity index (χ1v) is 10.4. The second-order valence-electron chi connectivity index (χ2n) is 7.18. The number of amides is 1. The van der Waals surface area contributed by atoms with Crippen LogP contribution in [0.2, 0.25) is 0 Å². The first kappa shape index (κ1) is 17.1. The lowest BCUT2D eigenvalue weighted by Crippen LogP contribution is -2.30. The average molecular weight is 370 g/mol. The number of carbonyl (C=O) groups excluding carboxylic acids is 1. The zero-order valence-corrected chi connectivity index (χ0v) is 15.8. The summed E-state index contributed by atoms with van der Waals surface area (Å²) in [6.45, 7) is 4.41. The first-order valence-electron chi connectivity index (χ1n) is 8.90. The molecular formula is C20H22N2O3S. The topological polar surface area (TPSA) is 66.5 Å². The number of nitrogens with zero attached hydrogens (tertiary/aromatic N) is 1. The molecule has 1 N–H and O–H groups in total. The maximum Gasteiger partial charge on any atom is 0.261 e. The summed E-state index contributed by atoms with van der Waals surface area (Å²) >= 11 is 0. The summed E-state index contributed by atoms with van der Waals surface area (Å²) in [4.78, 5) is 14.4. The molecule has 6 heteroatoms. The second-order valence-corrected chi connectivity index (χ2v) is 8.86. The molecule has 26 heavy (non-hydrogen) atoms. The van der Waals surface area contributed by atoms with Crippen molar-refractivity contribution in [3.63, 3.8) is 0 Å². The molecular weight excluding hydrogens is 348 g/mol. The summed E-state index contributed by atoms with van der Waals surface area (Å²) in [6, 6.07) is 10.7. The van der Waals surface area contributed by atoms with E-state index in [4.69, 9.17) is 0 Å². The number of sulfonamides is 1. The van der Waals surface area contributed by atoms with Gasteiger partial charge in [0.15, 0.2) is 0 Å². The molecule has 1 amide bonds. The molecule has 5 nitrogen and oxygen atoms in total. The van der Waals surface area contributed by atoms with E-state index in [0.29, 0.717) is 18.7 Å². The van der Waals surface area contributed by atoms with E-state index in [1.807, 2.05) is 36.9 Å². The predicted octanol–water partition coefficient (Wildman–Crippen LogP) is 3.40. The van der Waals surface area contributed by atoms with Gasteiger partial charge in [0.1, 0.15) is 0 Å². The van der Waals surface area contributed by atoms with Crippen molar-refractivity contribution in [1.29, 1.82) is 0 Å². The third-order valence-electron chi connectivity index (χ3n) is 5.17. The summed E-state index contributed by atoms with van der Waals surface area (Å²) in [6.07, 6.45) is 2.63. The van der Waals surface area contributed by atoms with Gasteiger partial charge in [-0.1, -0.05) is 18.2 Å². The molecule has 1 aliphatic carbocycles. The van der Waals surface area contributed by atoms with E-state index in [-0.39, 0.29) is 16.7 Å². The van der Waals surface area contributed by atoms with Crippen molar-refractivity contribution in [1.82, 2.24) is 0 Å². The normalized spacial score (nSPS) is 16.5. The van der Waals surface area contributed by atoms with E-state index >= 15 is 0 Å². The largest absolute Gasteiger partial charge is 0.312 e. The van der Waals surface area contributed by atoms with E-state index in [0.717, 1.165) is 35.2 Å². The summed E-state index contributed by atoms with van der Waals surface area (Å²) in [5.41, 5.74) is 4.17. The predicted molar refractivity (Wildman–Crippen MR) is 102 cm³/mol. The van der Waals surface area contributed by atoms with Gasteiger partial charge >= 0.3 is 0 Å². The Kier molecular flexibility index (Phi) is 4.03. The fourth-order valence-electron chi connectivity index (χ4n) is 3.49. The van der Waals surface area contributed by atoms with Gasteiger partial charge in [0.05, 0.1) is 10.6 Å². The summed E-state index contributed by atoms with van der Waals surface area (Å²) in [5, 5.41) is 0. The molecule has 0 atom stereocenters. The molecule has 136 valence electrons. The van der Waals surface area contributed by atoms with Crippen molar-refractivity contribution in [2.45, 2.75) is 38.0 Å². The van der Waals surface area contributed by atoms with Gasteiger partial charge in [-0.05, 0) is 68.0 Å². The van der Waals surface area contributed by atoms with Crippen molar-refractivity contribution in [2.24, 2.45) is 5.92 Å². The third kappa shape index (κ3) is 2.98. The van der Waals surface area contributed by atoms with E-state index in [1.165, 1.54) is 0 Å². The van der Waals surface area contributed by atoms with Crippen molar-refractivity contribution in [2.75, 3.05) is 16.2 Å². The molecule has 0 unspecified atom stereocenters. The molecule has 0 saturated heterocycles. The fourth-order valence-corrected chi connectivity index (χ4v) is 4.75. The maximum absolute atomic E-state index is 12.8. The molecule has 1 aliphatic heterocycles. The number of benzene rings is 2. The van der Waals surface area contributed by atoms with Crippen molar-refractivity contribution in [3.8, 4) is 0 Å². The van der Waals surface area contributed by atoms with E-state index in [1.54, 1.807) is 18.2 Å². The number of hydrogen-bond donors (Lipinski definition) is 1. The smallest absolute Gasteiger partial charge is 0.261 e. The summed E-state index contributed by atoms with van der Waals surface area (Å²) in [5.74, 6) is 0.336. The highest BCUT2D eigenvalue weighted by atomic mass is 32.2. The third-order valence-corrected chi connectivity index (χ3v) is 6.51. The minimum absolute atomic E-state index is 0.162. The highest BCUT2D eigenvalue weighted by molar-refractivity contribution is 7.92. The van der Waals surface area contributed by atoms with Gasteiger partial charge in [0, 0.05) is 18.2 Å². The lowest BCUT2D eigenvalue weighted by Gasteiger charge is -2.18. The molecule has 1 heterocycles. The lowest BCUT2D eigenvalue weighted by atomic mass is 10.1. The van der Waals surface area contributed by atoms with Crippen molar-refractivity contribution >= 4 is 27.3 Å². The highest BCUT2D eigenvalue weighted by Crippen LogP contribution is 2.37. The summed E-state index contributed by atoms with van der Waals surface area (Å²) < 4.78 is 28.4. The number of para-hydroxylation sites is 1. The van der Waals surface area contributed by atoms with Crippen LogP contribution >= 0.6 is 0 Å². The molecule has 2 aliphatic rings. The Labute approximate surface area is 154 Å². The van der Waals surface area contributed by atoms with Gasteiger partial charge in [-0.2, -0.15) is 0 Å². The van der Waals surface area contributed by atoms with Crippen LogP contribution in [0.1, 0.15) is 29.5 Å². The molecule has 1 saturated carbocycles. The number of fused-ring (bicyclic) bond motifs is 1. The molecule has 0 aromatic heterocycles. The molecule has 4 rings (SSSR count). The van der Waals surface area contributed by atoms with Gasteiger partial charge in [-0.3, -0.25) is 9.52 Å². The molecule has 1 fully saturated rings. The van der Waals surface area contributed by atoms with E-state index in [2.05, 4.69) is 4.72 Å². The Bertz CT molecular complexity index is 974. The minimum atomic E-state index is -3.68. The average Bonchev–Trinajstić information content (AvgIpc) is 3.37. The quantitative estimate of drug-likeness (QED) is 0.897. The molecule has 0 radical (unpaired) electrons. The number of anilines is 2. The number of hydrogen-bond acceptors (Lipinski definition) is 3. The monoisotopic (exact) mass is 370 g/mol. The van der Waals surface area contributed by atoms with Gasteiger partial charge in [0.2, 0.25) is 5.91 Å². The zero-order chi connectivity index (χ0) is 18.5. The van der Waals surface area contributed by atoms with Gasteiger partial charge in [0.25, 0.3) is 10.0 Å². The Morgan fingerprint density at radius 2 is 1.81 bits per heavy atom. The molecule has 2 aromatic rings. The van der Waals surface area contributed by atoms with E-state index in [9.17, 15) is 13.2 Å². The van der Waals surface area contributed by atoms with Crippen LogP contribution in [0.15, 0.2) is 41.3 Å². The maximum atomic E-state index is 12.8. The Morgan fingerprint density at radius 3 is 2.46 bits per heavy atom. The second kappa shape index (κ2) is 6.13. The number of carbonyl (C=O) groups is 1. The first-order chi connectivity index (χ1) is 12.4. The van der Waals surface area contributed by atoms with Gasteiger partial charge in [-0.15, -0.1) is 0 Å². The fraction of sp³-hybridized carbons (Fsp3) is 0.350. The van der Waals surface area contributed by atoms with Crippen LogP contribution < -0.4 is 9.62 Å². The van der Waals surface area contributed by atoms with Crippen LogP contribution in [0.25, 0.3) is 0 Å². The van der Waals surface area contributed by atoms with Crippen LogP contribution in [0.4, 0.5) is 11.4 Å². The Hall–Kier alpha value is -2.34. The molecule has 0 spiro atoms. The SMILES string of the molecule is Cc1cccc(C)c1NS(=O)(=O)c1ccc2c(c1)CCN2C(=O)C1CC1. The standard InChI is InChI=1S/C20H22N2O3S/c1-13-4-3-5-14(2)19(13)21-26(24,25)17-8-9-18-16(12-17)10-11-22(18)20(23)15-6-7-15/h3-5,8-9,12,15,21H,6-7,10-11H2,1-2H3. The van der Waals surface area contributed by atoms with E-state index < -0.39 is 10.0 Å². The van der Waals surface area contributed by atoms with Crippen molar-refractivity contribution < 1.29 is 13.2 Å². The lowest BCUT2D eigenvalue weighted by molar-refractivity contribution is -0.119. The highest BCUT2D eigenvalue weighted by Gasteiger charge is 2.36. The zero-order valence-electron chi connectivity index (χ0n) is 15.0.